The van der Waals surface area contributed by atoms with Crippen LogP contribution in [-0.4, -0.2) is 26.2 Å². The molecule has 0 unspecified atom stereocenters. The minimum absolute atomic E-state index is 0.485. The molecule has 0 aromatic carbocycles. The predicted octanol–water partition coefficient (Wildman–Crippen LogP) is 2.96. The maximum atomic E-state index is 4.57. The van der Waals surface area contributed by atoms with E-state index in [0.29, 0.717) is 6.04 Å². The van der Waals surface area contributed by atoms with Gasteiger partial charge >= 0.3 is 0 Å². The van der Waals surface area contributed by atoms with Crippen molar-refractivity contribution < 1.29 is 0 Å². The molecule has 0 spiro atoms. The van der Waals surface area contributed by atoms with Crippen LogP contribution in [0.15, 0.2) is 30.7 Å². The lowest BCUT2D eigenvalue weighted by Gasteiger charge is -2.24. The Morgan fingerprint density at radius 2 is 2.24 bits per heavy atom. The average Bonchev–Trinajstić information content (AvgIpc) is 3.03. The van der Waals surface area contributed by atoms with Gasteiger partial charge < -0.3 is 0 Å². The summed E-state index contributed by atoms with van der Waals surface area (Å²) in [4.78, 5) is 6.87. The quantitative estimate of drug-likeness (QED) is 0.865. The third-order valence-corrected chi connectivity index (χ3v) is 4.38. The number of hydrogen-bond acceptors (Lipinski definition) is 3. The van der Waals surface area contributed by atoms with Crippen molar-refractivity contribution in [1.82, 2.24) is 19.7 Å². The Bertz CT molecular complexity index is 590. The summed E-state index contributed by atoms with van der Waals surface area (Å²) in [7, 11) is 2.01. The van der Waals surface area contributed by atoms with E-state index in [0.717, 1.165) is 25.4 Å². The minimum atomic E-state index is 0.485. The smallest absolute Gasteiger partial charge is 0.0666 e. The molecule has 0 saturated carbocycles. The molecule has 0 bridgehead atoms. The summed E-state index contributed by atoms with van der Waals surface area (Å²) in [6.45, 7) is 6.66. The number of aryl methyl sites for hydroxylation is 2. The lowest BCUT2D eigenvalue weighted by molar-refractivity contribution is 0.244. The van der Waals surface area contributed by atoms with E-state index in [1.807, 2.05) is 30.2 Å². The van der Waals surface area contributed by atoms with Crippen LogP contribution in [0.4, 0.5) is 0 Å². The monoisotopic (exact) mass is 284 g/mol. The van der Waals surface area contributed by atoms with E-state index < -0.39 is 0 Å². The number of aromatic nitrogens is 3. The second-order valence-electron chi connectivity index (χ2n) is 6.20. The standard InChI is InChI=1S/C17H24N4/c1-4-16-15(11-20(3)19-16)12-21-10-13(2)8-17(21)14-6-5-7-18-9-14/h5-7,9,11,13,17H,4,8,10,12H2,1-3H3/t13-,17+/m0/s1. The molecule has 1 aliphatic heterocycles. The Morgan fingerprint density at radius 1 is 1.38 bits per heavy atom. The van der Waals surface area contributed by atoms with Gasteiger partial charge in [-0.2, -0.15) is 5.10 Å². The zero-order valence-electron chi connectivity index (χ0n) is 13.2. The van der Waals surface area contributed by atoms with Gasteiger partial charge in [0.15, 0.2) is 0 Å². The molecule has 0 radical (unpaired) electrons. The van der Waals surface area contributed by atoms with E-state index in [1.54, 1.807) is 0 Å². The van der Waals surface area contributed by atoms with E-state index in [-0.39, 0.29) is 0 Å². The predicted molar refractivity (Wildman–Crippen MR) is 83.8 cm³/mol. The summed E-state index contributed by atoms with van der Waals surface area (Å²) in [5.74, 6) is 0.733. The van der Waals surface area contributed by atoms with Crippen molar-refractivity contribution in [3.8, 4) is 0 Å². The number of likely N-dealkylation sites (tertiary alicyclic amines) is 1. The van der Waals surface area contributed by atoms with Crippen LogP contribution in [0.1, 0.15) is 43.1 Å². The number of rotatable bonds is 4. The van der Waals surface area contributed by atoms with E-state index >= 15 is 0 Å². The first-order valence-corrected chi connectivity index (χ1v) is 7.82. The van der Waals surface area contributed by atoms with E-state index in [2.05, 4.69) is 41.1 Å². The van der Waals surface area contributed by atoms with Crippen molar-refractivity contribution >= 4 is 0 Å². The summed E-state index contributed by atoms with van der Waals surface area (Å²) >= 11 is 0. The molecular weight excluding hydrogens is 260 g/mol. The van der Waals surface area contributed by atoms with Crippen molar-refractivity contribution in [3.63, 3.8) is 0 Å². The van der Waals surface area contributed by atoms with Gasteiger partial charge in [-0.05, 0) is 30.4 Å². The van der Waals surface area contributed by atoms with Gasteiger partial charge in [0.1, 0.15) is 0 Å². The largest absolute Gasteiger partial charge is 0.292 e. The maximum Gasteiger partial charge on any atom is 0.0666 e. The molecule has 3 heterocycles. The van der Waals surface area contributed by atoms with Crippen LogP contribution in [0.3, 0.4) is 0 Å². The Hall–Kier alpha value is -1.68. The van der Waals surface area contributed by atoms with Gasteiger partial charge in [0, 0.05) is 50.3 Å². The van der Waals surface area contributed by atoms with Crippen LogP contribution in [-0.2, 0) is 20.0 Å². The van der Waals surface area contributed by atoms with Gasteiger partial charge in [0.05, 0.1) is 5.69 Å². The highest BCUT2D eigenvalue weighted by Crippen LogP contribution is 2.36. The van der Waals surface area contributed by atoms with Crippen molar-refractivity contribution in [1.29, 1.82) is 0 Å². The molecule has 1 fully saturated rings. The highest BCUT2D eigenvalue weighted by atomic mass is 15.3. The van der Waals surface area contributed by atoms with Crippen LogP contribution >= 0.6 is 0 Å². The van der Waals surface area contributed by atoms with Gasteiger partial charge in [-0.15, -0.1) is 0 Å². The van der Waals surface area contributed by atoms with Crippen molar-refractivity contribution in [2.45, 2.75) is 39.3 Å². The minimum Gasteiger partial charge on any atom is -0.292 e. The molecule has 21 heavy (non-hydrogen) atoms. The van der Waals surface area contributed by atoms with E-state index in [1.165, 1.54) is 23.2 Å². The van der Waals surface area contributed by atoms with Crippen LogP contribution in [0.5, 0.6) is 0 Å². The van der Waals surface area contributed by atoms with Crippen molar-refractivity contribution in [3.05, 3.63) is 47.5 Å². The van der Waals surface area contributed by atoms with E-state index in [4.69, 9.17) is 0 Å². The van der Waals surface area contributed by atoms with Gasteiger partial charge in [0.25, 0.3) is 0 Å². The van der Waals surface area contributed by atoms with Gasteiger partial charge in [0.2, 0.25) is 0 Å². The zero-order chi connectivity index (χ0) is 14.8. The number of hydrogen-bond donors (Lipinski definition) is 0. The summed E-state index contributed by atoms with van der Waals surface area (Å²) in [5.41, 5.74) is 3.92. The molecule has 2 aromatic heterocycles. The molecule has 0 amide bonds. The lowest BCUT2D eigenvalue weighted by Crippen LogP contribution is -2.23. The molecule has 4 heteroatoms. The molecule has 3 rings (SSSR count). The average molecular weight is 284 g/mol. The lowest BCUT2D eigenvalue weighted by atomic mass is 10.0. The third kappa shape index (κ3) is 3.00. The van der Waals surface area contributed by atoms with Crippen molar-refractivity contribution in [2.75, 3.05) is 6.54 Å². The van der Waals surface area contributed by atoms with Crippen molar-refractivity contribution in [2.24, 2.45) is 13.0 Å². The topological polar surface area (TPSA) is 34.0 Å². The summed E-state index contributed by atoms with van der Waals surface area (Å²) in [6, 6.07) is 4.73. The van der Waals surface area contributed by atoms with Crippen LogP contribution in [0.25, 0.3) is 0 Å². The molecule has 1 saturated heterocycles. The summed E-state index contributed by atoms with van der Waals surface area (Å²) in [5, 5.41) is 4.57. The van der Waals surface area contributed by atoms with Gasteiger partial charge in [-0.1, -0.05) is 19.9 Å². The summed E-state index contributed by atoms with van der Waals surface area (Å²) < 4.78 is 1.94. The normalized spacial score (nSPS) is 22.8. The first kappa shape index (κ1) is 14.3. The number of nitrogens with zero attached hydrogens (tertiary/aromatic N) is 4. The second-order valence-corrected chi connectivity index (χ2v) is 6.20. The maximum absolute atomic E-state index is 4.57. The Morgan fingerprint density at radius 3 is 2.95 bits per heavy atom. The highest BCUT2D eigenvalue weighted by Gasteiger charge is 2.31. The van der Waals surface area contributed by atoms with Crippen LogP contribution in [0, 0.1) is 5.92 Å². The Kier molecular flexibility index (Phi) is 4.06. The Balaban J connectivity index is 1.82. The van der Waals surface area contributed by atoms with Crippen LogP contribution < -0.4 is 0 Å². The fourth-order valence-corrected chi connectivity index (χ4v) is 3.46. The first-order valence-electron chi connectivity index (χ1n) is 7.82. The number of pyridine rings is 1. The third-order valence-electron chi connectivity index (χ3n) is 4.38. The van der Waals surface area contributed by atoms with Gasteiger partial charge in [-0.25, -0.2) is 0 Å². The SMILES string of the molecule is CCc1nn(C)cc1CN1C[C@@H](C)C[C@@H]1c1cccnc1. The molecule has 0 aliphatic carbocycles. The Labute approximate surface area is 126 Å². The second kappa shape index (κ2) is 5.98. The first-order chi connectivity index (χ1) is 10.2. The molecule has 0 N–H and O–H groups in total. The molecule has 4 nitrogen and oxygen atoms in total. The van der Waals surface area contributed by atoms with E-state index in [9.17, 15) is 0 Å². The summed E-state index contributed by atoms with van der Waals surface area (Å²) in [6.07, 6.45) is 8.24. The highest BCUT2D eigenvalue weighted by molar-refractivity contribution is 5.20. The molecule has 2 aromatic rings. The fraction of sp³-hybridized carbons (Fsp3) is 0.529. The molecule has 2 atom stereocenters. The zero-order valence-corrected chi connectivity index (χ0v) is 13.2. The fourth-order valence-electron chi connectivity index (χ4n) is 3.46. The molecule has 1 aliphatic rings. The van der Waals surface area contributed by atoms with Gasteiger partial charge in [-0.3, -0.25) is 14.6 Å². The molecule has 112 valence electrons. The molecular formula is C17H24N4. The van der Waals surface area contributed by atoms with Crippen LogP contribution in [0.2, 0.25) is 0 Å².